The highest BCUT2D eigenvalue weighted by molar-refractivity contribution is 5.74. The van der Waals surface area contributed by atoms with Crippen LogP contribution in [0.25, 0.3) is 0 Å². The third kappa shape index (κ3) is 7.65. The molecule has 0 aliphatic heterocycles. The third-order valence-electron chi connectivity index (χ3n) is 2.18. The Morgan fingerprint density at radius 1 is 1.19 bits per heavy atom. The molecule has 21 heavy (non-hydrogen) atoms. The molecular formula is C10H17NO10. The molecular weight excluding hydrogens is 294 g/mol. The molecule has 11 heteroatoms. The van der Waals surface area contributed by atoms with Crippen LogP contribution in [0.5, 0.6) is 0 Å². The predicted molar refractivity (Wildman–Crippen MR) is 62.6 cm³/mol. The van der Waals surface area contributed by atoms with Gasteiger partial charge in [0, 0.05) is 0 Å². The average molecular weight is 311 g/mol. The number of hydroxylamine groups is 1. The Morgan fingerprint density at radius 2 is 1.81 bits per heavy atom. The Balaban J connectivity index is 4.26. The third-order valence-corrected chi connectivity index (χ3v) is 2.18. The van der Waals surface area contributed by atoms with E-state index in [2.05, 4.69) is 9.57 Å². The summed E-state index contributed by atoms with van der Waals surface area (Å²) < 4.78 is 4.48. The van der Waals surface area contributed by atoms with Crippen molar-refractivity contribution in [1.82, 2.24) is 5.48 Å². The van der Waals surface area contributed by atoms with E-state index in [-0.39, 0.29) is 6.29 Å². The maximum atomic E-state index is 11.2. The Bertz CT molecular complexity index is 349. The number of nitrogens with one attached hydrogen (secondary N) is 1. The molecule has 11 nitrogen and oxygen atoms in total. The molecule has 0 aliphatic carbocycles. The molecule has 0 heterocycles. The molecule has 0 aliphatic rings. The number of carboxylic acids is 1. The molecule has 0 rings (SSSR count). The van der Waals surface area contributed by atoms with Crippen LogP contribution in [0.3, 0.4) is 0 Å². The number of esters is 1. The van der Waals surface area contributed by atoms with Crippen molar-refractivity contribution < 1.29 is 49.5 Å². The van der Waals surface area contributed by atoms with Crippen molar-refractivity contribution in [3.8, 4) is 0 Å². The second-order valence-electron chi connectivity index (χ2n) is 3.83. The van der Waals surface area contributed by atoms with Gasteiger partial charge in [-0.15, -0.1) is 0 Å². The first-order valence-electron chi connectivity index (χ1n) is 5.69. The van der Waals surface area contributed by atoms with Crippen LogP contribution in [-0.4, -0.2) is 87.9 Å². The monoisotopic (exact) mass is 311 g/mol. The number of aliphatic hydroxyl groups is 4. The van der Waals surface area contributed by atoms with Gasteiger partial charge in [-0.3, -0.25) is 14.4 Å². The van der Waals surface area contributed by atoms with E-state index in [0.717, 1.165) is 0 Å². The molecule has 0 amide bonds. The van der Waals surface area contributed by atoms with Crippen molar-refractivity contribution in [2.75, 3.05) is 19.8 Å². The standard InChI is InChI=1S/C10H17NO10/c12-2-5(14)9(18)10(19)6(3-13)21-8(17)1-11-20-4-7(15)16/h3,5-6,9-12,14,18-19H,1-2,4H2,(H,15,16)/t5-,6+,9-,10-/m1/s1. The van der Waals surface area contributed by atoms with E-state index in [9.17, 15) is 24.6 Å². The van der Waals surface area contributed by atoms with Crippen molar-refractivity contribution in [3.63, 3.8) is 0 Å². The summed E-state index contributed by atoms with van der Waals surface area (Å²) in [7, 11) is 0. The lowest BCUT2D eigenvalue weighted by molar-refractivity contribution is -0.169. The largest absolute Gasteiger partial charge is 0.479 e. The lowest BCUT2D eigenvalue weighted by atomic mass is 10.0. The molecule has 122 valence electrons. The van der Waals surface area contributed by atoms with Crippen LogP contribution in [-0.2, 0) is 24.0 Å². The van der Waals surface area contributed by atoms with Crippen molar-refractivity contribution in [3.05, 3.63) is 0 Å². The molecule has 0 spiro atoms. The lowest BCUT2D eigenvalue weighted by Gasteiger charge is -2.25. The predicted octanol–water partition coefficient (Wildman–Crippen LogP) is -4.22. The molecule has 4 atom stereocenters. The van der Waals surface area contributed by atoms with Crippen LogP contribution in [0.4, 0.5) is 0 Å². The Labute approximate surface area is 118 Å². The zero-order valence-electron chi connectivity index (χ0n) is 10.8. The van der Waals surface area contributed by atoms with Crippen LogP contribution in [0.1, 0.15) is 0 Å². The van der Waals surface area contributed by atoms with Crippen molar-refractivity contribution in [2.24, 2.45) is 0 Å². The number of carbonyl (C=O) groups is 3. The topological polar surface area (TPSA) is 183 Å². The molecule has 0 aromatic carbocycles. The Morgan fingerprint density at radius 3 is 2.29 bits per heavy atom. The van der Waals surface area contributed by atoms with E-state index in [1.54, 1.807) is 0 Å². The zero-order chi connectivity index (χ0) is 16.4. The highest BCUT2D eigenvalue weighted by atomic mass is 16.7. The normalized spacial score (nSPS) is 16.6. The molecule has 0 aromatic rings. The van der Waals surface area contributed by atoms with Gasteiger partial charge in [-0.2, -0.15) is 5.48 Å². The zero-order valence-corrected chi connectivity index (χ0v) is 10.8. The smallest absolute Gasteiger partial charge is 0.331 e. The maximum Gasteiger partial charge on any atom is 0.331 e. The number of aliphatic hydroxyl groups excluding tert-OH is 4. The number of hydrogen-bond donors (Lipinski definition) is 6. The molecule has 0 radical (unpaired) electrons. The minimum atomic E-state index is -1.95. The second-order valence-corrected chi connectivity index (χ2v) is 3.83. The van der Waals surface area contributed by atoms with E-state index in [1.807, 2.05) is 5.48 Å². The Hall–Kier alpha value is -1.63. The fraction of sp³-hybridized carbons (Fsp3) is 0.700. The molecule has 0 saturated carbocycles. The molecule has 0 bridgehead atoms. The van der Waals surface area contributed by atoms with E-state index >= 15 is 0 Å². The minimum Gasteiger partial charge on any atom is -0.479 e. The van der Waals surface area contributed by atoms with Crippen LogP contribution < -0.4 is 5.48 Å². The number of ether oxygens (including phenoxy) is 1. The van der Waals surface area contributed by atoms with Gasteiger partial charge in [-0.05, 0) is 0 Å². The summed E-state index contributed by atoms with van der Waals surface area (Å²) in [5.74, 6) is -2.36. The summed E-state index contributed by atoms with van der Waals surface area (Å²) in [4.78, 5) is 36.4. The van der Waals surface area contributed by atoms with E-state index < -0.39 is 56.1 Å². The van der Waals surface area contributed by atoms with Crippen LogP contribution in [0, 0.1) is 0 Å². The summed E-state index contributed by atoms with van der Waals surface area (Å²) in [6, 6.07) is 0. The summed E-state index contributed by atoms with van der Waals surface area (Å²) in [5.41, 5.74) is 1.94. The highest BCUT2D eigenvalue weighted by Gasteiger charge is 2.33. The van der Waals surface area contributed by atoms with Gasteiger partial charge in [0.15, 0.2) is 19.0 Å². The number of hydrogen-bond acceptors (Lipinski definition) is 10. The average Bonchev–Trinajstić information content (AvgIpc) is 2.46. The lowest BCUT2D eigenvalue weighted by Crippen LogP contribution is -2.48. The van der Waals surface area contributed by atoms with E-state index in [1.165, 1.54) is 0 Å². The van der Waals surface area contributed by atoms with Crippen LogP contribution >= 0.6 is 0 Å². The first-order chi connectivity index (χ1) is 9.83. The Kier molecular flexibility index (Phi) is 9.36. The second kappa shape index (κ2) is 10.1. The van der Waals surface area contributed by atoms with Crippen LogP contribution in [0.15, 0.2) is 0 Å². The van der Waals surface area contributed by atoms with Gasteiger partial charge in [0.05, 0.1) is 6.61 Å². The first kappa shape index (κ1) is 19.4. The van der Waals surface area contributed by atoms with Gasteiger partial charge in [0.1, 0.15) is 24.9 Å². The number of aliphatic carboxylic acids is 1. The maximum absolute atomic E-state index is 11.2. The van der Waals surface area contributed by atoms with Gasteiger partial charge in [-0.25, -0.2) is 4.79 Å². The van der Waals surface area contributed by atoms with Crippen molar-refractivity contribution >= 4 is 18.2 Å². The summed E-state index contributed by atoms with van der Waals surface area (Å²) in [6.45, 7) is -2.21. The van der Waals surface area contributed by atoms with Gasteiger partial charge in [0.25, 0.3) is 0 Å². The fourth-order valence-electron chi connectivity index (χ4n) is 1.12. The first-order valence-corrected chi connectivity index (χ1v) is 5.69. The number of carboxylic acid groups (broad SMARTS) is 1. The van der Waals surface area contributed by atoms with Gasteiger partial charge >= 0.3 is 11.9 Å². The summed E-state index contributed by atoms with van der Waals surface area (Å²) in [6.07, 6.45) is -7.34. The SMILES string of the molecule is O=C[C@H](OC(=O)CNOCC(=O)O)[C@@H](O)[C@H](O)[C@H](O)CO. The minimum absolute atomic E-state index is 0.0218. The van der Waals surface area contributed by atoms with E-state index in [0.29, 0.717) is 0 Å². The molecule has 0 fully saturated rings. The quantitative estimate of drug-likeness (QED) is 0.0940. The molecule has 6 N–H and O–H groups in total. The highest BCUT2D eigenvalue weighted by Crippen LogP contribution is 2.07. The van der Waals surface area contributed by atoms with E-state index in [4.69, 9.17) is 15.3 Å². The number of aldehydes is 1. The van der Waals surface area contributed by atoms with Crippen LogP contribution in [0.2, 0.25) is 0 Å². The van der Waals surface area contributed by atoms with Gasteiger partial charge in [-0.1, -0.05) is 0 Å². The molecule has 0 aromatic heterocycles. The summed E-state index contributed by atoms with van der Waals surface area (Å²) in [5, 5.41) is 44.8. The number of carbonyl (C=O) groups excluding carboxylic acids is 2. The van der Waals surface area contributed by atoms with Gasteiger partial charge in [0.2, 0.25) is 0 Å². The fourth-order valence-corrected chi connectivity index (χ4v) is 1.12. The molecule has 0 saturated heterocycles. The van der Waals surface area contributed by atoms with Crippen molar-refractivity contribution in [2.45, 2.75) is 24.4 Å². The summed E-state index contributed by atoms with van der Waals surface area (Å²) >= 11 is 0. The van der Waals surface area contributed by atoms with Crippen molar-refractivity contribution in [1.29, 1.82) is 0 Å². The molecule has 0 unspecified atom stereocenters. The van der Waals surface area contributed by atoms with Gasteiger partial charge < -0.3 is 30.3 Å². The number of rotatable bonds is 11.